The third kappa shape index (κ3) is 4.78. The molecule has 1 heterocycles. The predicted octanol–water partition coefficient (Wildman–Crippen LogP) is 5.32. The number of halogens is 2. The number of aliphatic imine (C=N–C) groups is 1. The average molecular weight is 434 g/mol. The Morgan fingerprint density at radius 3 is 2.16 bits per heavy atom. The molecule has 0 fully saturated rings. The van der Waals surface area contributed by atoms with Crippen LogP contribution in [-0.4, -0.2) is 22.6 Å². The van der Waals surface area contributed by atoms with E-state index in [1.807, 2.05) is 6.07 Å². The molecule has 4 rings (SSSR count). The molecule has 4 nitrogen and oxygen atoms in total. The highest BCUT2D eigenvalue weighted by molar-refractivity contribution is 8.14. The fourth-order valence-corrected chi connectivity index (χ4v) is 3.87. The Morgan fingerprint density at radius 1 is 0.903 bits per heavy atom. The molecule has 1 aliphatic rings. The summed E-state index contributed by atoms with van der Waals surface area (Å²) in [4.78, 5) is 31.4. The summed E-state index contributed by atoms with van der Waals surface area (Å²) in [7, 11) is 0. The highest BCUT2D eigenvalue weighted by atomic mass is 32.2. The Bertz CT molecular complexity index is 1170. The van der Waals surface area contributed by atoms with Crippen molar-refractivity contribution in [3.8, 4) is 0 Å². The van der Waals surface area contributed by atoms with Crippen LogP contribution < -0.4 is 4.90 Å². The first kappa shape index (κ1) is 20.7. The second-order valence-electron chi connectivity index (χ2n) is 6.67. The lowest BCUT2D eigenvalue weighted by molar-refractivity contribution is -0.113. The third-order valence-corrected chi connectivity index (χ3v) is 5.45. The van der Waals surface area contributed by atoms with Crippen molar-refractivity contribution >= 4 is 40.4 Å². The summed E-state index contributed by atoms with van der Waals surface area (Å²) in [6.45, 7) is 0. The van der Waals surface area contributed by atoms with Gasteiger partial charge in [-0.2, -0.15) is 0 Å². The molecule has 0 radical (unpaired) electrons. The van der Waals surface area contributed by atoms with E-state index < -0.39 is 5.82 Å². The van der Waals surface area contributed by atoms with Gasteiger partial charge in [-0.3, -0.25) is 14.5 Å². The van der Waals surface area contributed by atoms with E-state index in [0.29, 0.717) is 22.0 Å². The molecule has 0 bridgehead atoms. The molecule has 3 aromatic rings. The number of rotatable bonds is 5. The lowest BCUT2D eigenvalue weighted by Gasteiger charge is -2.17. The van der Waals surface area contributed by atoms with Crippen LogP contribution in [0.25, 0.3) is 6.08 Å². The van der Waals surface area contributed by atoms with Gasteiger partial charge in [-0.15, -0.1) is 0 Å². The van der Waals surface area contributed by atoms with E-state index in [2.05, 4.69) is 4.99 Å². The van der Waals surface area contributed by atoms with E-state index in [0.717, 1.165) is 11.8 Å². The predicted molar refractivity (Wildman–Crippen MR) is 119 cm³/mol. The molecule has 3 aromatic carbocycles. The lowest BCUT2D eigenvalue weighted by atomic mass is 10.1. The summed E-state index contributed by atoms with van der Waals surface area (Å²) in [5, 5.41) is 0.361. The number of carbonyl (C=O) groups is 2. The van der Waals surface area contributed by atoms with E-state index >= 15 is 0 Å². The second-order valence-corrected chi connectivity index (χ2v) is 7.61. The van der Waals surface area contributed by atoms with Crippen LogP contribution in [0.15, 0.2) is 89.6 Å². The number of benzene rings is 3. The van der Waals surface area contributed by atoms with Gasteiger partial charge in [-0.1, -0.05) is 42.1 Å². The van der Waals surface area contributed by atoms with E-state index in [4.69, 9.17) is 0 Å². The number of thioether (sulfide) groups is 1. The molecule has 0 N–H and O–H groups in total. The zero-order valence-corrected chi connectivity index (χ0v) is 17.0. The van der Waals surface area contributed by atoms with Gasteiger partial charge in [0.2, 0.25) is 0 Å². The summed E-state index contributed by atoms with van der Waals surface area (Å²) in [5.41, 5.74) is 1.82. The van der Waals surface area contributed by atoms with Crippen molar-refractivity contribution in [2.24, 2.45) is 4.99 Å². The molecule has 1 aliphatic heterocycles. The summed E-state index contributed by atoms with van der Waals surface area (Å²) >= 11 is 1.13. The molecular weight excluding hydrogens is 418 g/mol. The summed E-state index contributed by atoms with van der Waals surface area (Å²) in [6, 6.07) is 20.0. The van der Waals surface area contributed by atoms with Gasteiger partial charge in [0.05, 0.1) is 11.4 Å². The Kier molecular flexibility index (Phi) is 6.04. The molecule has 0 atom stereocenters. The van der Waals surface area contributed by atoms with E-state index in [1.165, 1.54) is 41.3 Å². The van der Waals surface area contributed by atoms with Crippen LogP contribution in [0.5, 0.6) is 0 Å². The second kappa shape index (κ2) is 9.06. The minimum Gasteiger partial charge on any atom is -0.293 e. The van der Waals surface area contributed by atoms with E-state index in [9.17, 15) is 18.4 Å². The van der Waals surface area contributed by atoms with Crippen molar-refractivity contribution in [1.82, 2.24) is 0 Å². The first-order valence-electron chi connectivity index (χ1n) is 9.38. The number of nitrogens with zero attached hydrogens (tertiary/aromatic N) is 2. The Hall–Kier alpha value is -3.58. The molecule has 0 spiro atoms. The van der Waals surface area contributed by atoms with Crippen molar-refractivity contribution in [2.75, 3.05) is 10.7 Å². The zero-order valence-electron chi connectivity index (χ0n) is 16.2. The van der Waals surface area contributed by atoms with Crippen LogP contribution in [0.4, 0.5) is 14.5 Å². The van der Waals surface area contributed by atoms with Crippen LogP contribution >= 0.6 is 11.8 Å². The number of hydrogen-bond acceptors (Lipinski definition) is 4. The fraction of sp³-hybridized carbons (Fsp3) is 0.0417. The van der Waals surface area contributed by atoms with E-state index in [-0.39, 0.29) is 29.0 Å². The molecule has 1 amide bonds. The summed E-state index contributed by atoms with van der Waals surface area (Å²) < 4.78 is 26.3. The normalized spacial score (nSPS) is 14.8. The summed E-state index contributed by atoms with van der Waals surface area (Å²) in [5.74, 6) is -1.30. The number of carbonyl (C=O) groups excluding carboxylic acids is 2. The first-order chi connectivity index (χ1) is 15.0. The Labute approximate surface area is 181 Å². The SMILES string of the molecule is O=C(CSC1=NC(=Cc2ccc(F)cc2)C(=O)N1c1ccccc1)c1ccc(F)cc1. The fourth-order valence-electron chi connectivity index (χ4n) is 2.96. The first-order valence-corrected chi connectivity index (χ1v) is 10.4. The molecule has 0 aromatic heterocycles. The van der Waals surface area contributed by atoms with Crippen LogP contribution in [0.3, 0.4) is 0 Å². The lowest BCUT2D eigenvalue weighted by Crippen LogP contribution is -2.30. The number of Topliss-reactive ketones (excluding diaryl/α,β-unsaturated/α-hetero) is 1. The van der Waals surface area contributed by atoms with E-state index in [1.54, 1.807) is 42.5 Å². The number of amidine groups is 1. The zero-order chi connectivity index (χ0) is 21.8. The van der Waals surface area contributed by atoms with Gasteiger partial charge in [-0.25, -0.2) is 13.8 Å². The molecular formula is C24H16F2N2O2S. The largest absolute Gasteiger partial charge is 0.293 e. The minimum absolute atomic E-state index is 0.0326. The quantitative estimate of drug-likeness (QED) is 0.403. The third-order valence-electron chi connectivity index (χ3n) is 4.52. The van der Waals surface area contributed by atoms with Crippen molar-refractivity contribution < 1.29 is 18.4 Å². The van der Waals surface area contributed by atoms with Gasteiger partial charge < -0.3 is 0 Å². The van der Waals surface area contributed by atoms with Gasteiger partial charge >= 0.3 is 0 Å². The molecule has 0 aliphatic carbocycles. The van der Waals surface area contributed by atoms with Crippen molar-refractivity contribution in [1.29, 1.82) is 0 Å². The smallest absolute Gasteiger partial charge is 0.283 e. The van der Waals surface area contributed by atoms with Crippen molar-refractivity contribution in [2.45, 2.75) is 0 Å². The molecule has 0 unspecified atom stereocenters. The summed E-state index contributed by atoms with van der Waals surface area (Å²) in [6.07, 6.45) is 1.58. The maximum Gasteiger partial charge on any atom is 0.283 e. The van der Waals surface area contributed by atoms with Crippen LogP contribution in [0.1, 0.15) is 15.9 Å². The Balaban J connectivity index is 1.61. The van der Waals surface area contributed by atoms with Gasteiger partial charge in [0.15, 0.2) is 11.0 Å². The van der Waals surface area contributed by atoms with Crippen molar-refractivity contribution in [3.05, 3.63) is 107 Å². The molecule has 0 saturated heterocycles. The van der Waals surface area contributed by atoms with Gasteiger partial charge in [0.1, 0.15) is 17.3 Å². The number of anilines is 1. The van der Waals surface area contributed by atoms with Crippen LogP contribution in [0.2, 0.25) is 0 Å². The van der Waals surface area contributed by atoms with Gasteiger partial charge in [0, 0.05) is 5.56 Å². The molecule has 7 heteroatoms. The number of para-hydroxylation sites is 1. The van der Waals surface area contributed by atoms with Crippen molar-refractivity contribution in [3.63, 3.8) is 0 Å². The highest BCUT2D eigenvalue weighted by Crippen LogP contribution is 2.29. The molecule has 154 valence electrons. The maximum atomic E-state index is 13.2. The van der Waals surface area contributed by atoms with Crippen LogP contribution in [0, 0.1) is 11.6 Å². The number of ketones is 1. The molecule has 31 heavy (non-hydrogen) atoms. The molecule has 0 saturated carbocycles. The minimum atomic E-state index is -0.416. The monoisotopic (exact) mass is 434 g/mol. The number of hydrogen-bond donors (Lipinski definition) is 0. The average Bonchev–Trinajstić information content (AvgIpc) is 3.09. The van der Waals surface area contributed by atoms with Crippen LogP contribution in [-0.2, 0) is 4.79 Å². The maximum absolute atomic E-state index is 13.2. The standard InChI is InChI=1S/C24H16F2N2O2S/c25-18-10-6-16(7-11-18)14-21-23(30)28(20-4-2-1-3-5-20)24(27-21)31-15-22(29)17-8-12-19(26)13-9-17/h1-14H,15H2. The number of amides is 1. The van der Waals surface area contributed by atoms with Gasteiger partial charge in [0.25, 0.3) is 5.91 Å². The highest BCUT2D eigenvalue weighted by Gasteiger charge is 2.32. The topological polar surface area (TPSA) is 49.7 Å². The van der Waals surface area contributed by atoms with Gasteiger partial charge in [-0.05, 0) is 60.2 Å². The Morgan fingerprint density at radius 2 is 1.52 bits per heavy atom.